The molecule has 4 rings (SSSR count). The lowest BCUT2D eigenvalue weighted by atomic mass is 9.98. The quantitative estimate of drug-likeness (QED) is 0.138. The maximum Gasteiger partial charge on any atom is 0.186 e. The van der Waals surface area contributed by atoms with Crippen LogP contribution in [0.1, 0.15) is 19.6 Å². The number of hydrogen-bond acceptors (Lipinski definition) is 15. The number of fused-ring (bicyclic) bond motifs is 1. The molecular formula is C22H35N5O11. The van der Waals surface area contributed by atoms with E-state index in [4.69, 9.17) is 14.2 Å². The minimum atomic E-state index is -1.55. The van der Waals surface area contributed by atoms with Crippen LogP contribution in [0.2, 0.25) is 0 Å². The Morgan fingerprint density at radius 2 is 1.55 bits per heavy atom. The first-order chi connectivity index (χ1) is 18.2. The van der Waals surface area contributed by atoms with Crippen molar-refractivity contribution < 1.29 is 55.1 Å². The summed E-state index contributed by atoms with van der Waals surface area (Å²) < 4.78 is 17.9. The Bertz CT molecular complexity index is 1040. The van der Waals surface area contributed by atoms with E-state index in [1.54, 1.807) is 0 Å². The van der Waals surface area contributed by atoms with Gasteiger partial charge in [0.15, 0.2) is 29.5 Å². The highest BCUT2D eigenvalue weighted by Crippen LogP contribution is 2.31. The number of aliphatic hydroxyl groups is 8. The van der Waals surface area contributed by atoms with Crippen molar-refractivity contribution in [1.29, 1.82) is 0 Å². The lowest BCUT2D eigenvalue weighted by Gasteiger charge is -2.40. The second-order valence-corrected chi connectivity index (χ2v) is 9.62. The predicted octanol–water partition coefficient (Wildman–Crippen LogP) is -3.95. The molecule has 0 radical (unpaired) electrons. The number of ether oxygens (including phenoxy) is 3. The zero-order valence-electron chi connectivity index (χ0n) is 20.6. The van der Waals surface area contributed by atoms with E-state index >= 15 is 0 Å². The Hall–Kier alpha value is -2.09. The molecule has 2 fully saturated rings. The van der Waals surface area contributed by atoms with Crippen molar-refractivity contribution in [3.05, 3.63) is 12.7 Å². The normalized spacial score (nSPS) is 36.9. The number of aliphatic hydroxyl groups excluding tert-OH is 8. The molecule has 2 aromatic heterocycles. The number of nitrogens with zero attached hydrogens (tertiary/aromatic N) is 4. The van der Waals surface area contributed by atoms with Gasteiger partial charge < -0.3 is 60.4 Å². The molecule has 2 aromatic rings. The fourth-order valence-electron chi connectivity index (χ4n) is 4.46. The number of imidazole rings is 1. The average molecular weight is 546 g/mol. The molecule has 2 saturated heterocycles. The van der Waals surface area contributed by atoms with Crippen molar-refractivity contribution in [2.24, 2.45) is 5.92 Å². The van der Waals surface area contributed by atoms with Gasteiger partial charge in [0.05, 0.1) is 26.1 Å². The van der Waals surface area contributed by atoms with Crippen LogP contribution in [0.15, 0.2) is 12.7 Å². The monoisotopic (exact) mass is 545 g/mol. The average Bonchev–Trinajstić information content (AvgIpc) is 3.35. The van der Waals surface area contributed by atoms with Crippen molar-refractivity contribution >= 4 is 17.0 Å². The zero-order valence-corrected chi connectivity index (χ0v) is 20.6. The summed E-state index contributed by atoms with van der Waals surface area (Å²) >= 11 is 0. The Kier molecular flexibility index (Phi) is 9.43. The van der Waals surface area contributed by atoms with Gasteiger partial charge in [-0.3, -0.25) is 4.57 Å². The fraction of sp³-hybridized carbons (Fsp3) is 0.773. The lowest BCUT2D eigenvalue weighted by Crippen LogP contribution is -2.59. The van der Waals surface area contributed by atoms with Crippen LogP contribution in [-0.4, -0.2) is 142 Å². The topological polar surface area (TPSA) is 245 Å². The SMILES string of the molecule is C[C@@H](CCNc1ncnc2c1ncn2[C@@H]1O[C@H](CO)[C@@H](O)[C@H](O)[C@H]1O)CO[C@@H]1O[C@H](CO)[C@@H](O)[C@H](O)[C@H]1O. The Labute approximate surface area is 217 Å². The lowest BCUT2D eigenvalue weighted by molar-refractivity contribution is -0.303. The van der Waals surface area contributed by atoms with Gasteiger partial charge in [-0.1, -0.05) is 6.92 Å². The van der Waals surface area contributed by atoms with Gasteiger partial charge in [-0.2, -0.15) is 0 Å². The molecule has 2 aliphatic rings. The minimum absolute atomic E-state index is 0.0288. The highest BCUT2D eigenvalue weighted by molar-refractivity contribution is 5.82. The van der Waals surface area contributed by atoms with Gasteiger partial charge in [-0.05, 0) is 12.3 Å². The molecule has 2 aliphatic heterocycles. The van der Waals surface area contributed by atoms with Crippen LogP contribution in [0.25, 0.3) is 11.2 Å². The zero-order chi connectivity index (χ0) is 27.6. The molecule has 4 heterocycles. The van der Waals surface area contributed by atoms with Crippen molar-refractivity contribution in [3.63, 3.8) is 0 Å². The largest absolute Gasteiger partial charge is 0.394 e. The Balaban J connectivity index is 1.34. The molecule has 0 saturated carbocycles. The van der Waals surface area contributed by atoms with E-state index in [0.717, 1.165) is 0 Å². The Morgan fingerprint density at radius 3 is 2.24 bits per heavy atom. The molecule has 0 aromatic carbocycles. The first kappa shape index (κ1) is 28.9. The molecule has 16 heteroatoms. The number of hydrogen-bond donors (Lipinski definition) is 9. The number of aromatic nitrogens is 4. The van der Waals surface area contributed by atoms with E-state index in [-0.39, 0.29) is 12.5 Å². The molecule has 0 aliphatic carbocycles. The van der Waals surface area contributed by atoms with Crippen molar-refractivity contribution in [3.8, 4) is 0 Å². The summed E-state index contributed by atoms with van der Waals surface area (Å²) in [5, 5.41) is 82.3. The van der Waals surface area contributed by atoms with Crippen molar-refractivity contribution in [2.45, 2.75) is 74.7 Å². The number of rotatable bonds is 10. The highest BCUT2D eigenvalue weighted by Gasteiger charge is 2.45. The second kappa shape index (κ2) is 12.4. The van der Waals surface area contributed by atoms with Gasteiger partial charge in [-0.15, -0.1) is 0 Å². The molecule has 16 nitrogen and oxygen atoms in total. The molecule has 214 valence electrons. The minimum Gasteiger partial charge on any atom is -0.394 e. The van der Waals surface area contributed by atoms with Gasteiger partial charge in [0.2, 0.25) is 0 Å². The van der Waals surface area contributed by atoms with Crippen LogP contribution in [0.4, 0.5) is 5.82 Å². The van der Waals surface area contributed by atoms with E-state index in [2.05, 4.69) is 20.3 Å². The molecule has 0 amide bonds. The van der Waals surface area contributed by atoms with Crippen molar-refractivity contribution in [1.82, 2.24) is 19.5 Å². The van der Waals surface area contributed by atoms with Crippen molar-refractivity contribution in [2.75, 3.05) is 31.7 Å². The molecular weight excluding hydrogens is 510 g/mol. The number of anilines is 1. The van der Waals surface area contributed by atoms with E-state index in [9.17, 15) is 40.9 Å². The first-order valence-electron chi connectivity index (χ1n) is 12.3. The standard InChI is InChI=1S/C22H35N5O11/c1-9(6-36-22-18(35)16(33)14(31)11(5-29)38-22)2-3-23-19-12-20(25-7-24-19)27(8-26-12)21-17(34)15(32)13(30)10(4-28)37-21/h7-11,13-18,21-22,28-35H,2-6H2,1H3,(H,23,24,25)/t9-,10+,11+,13+,14+,15-,16-,17+,18+,21+,22+/m0/s1. The molecule has 11 atom stereocenters. The van der Waals surface area contributed by atoms with Crippen LogP contribution in [-0.2, 0) is 14.2 Å². The van der Waals surface area contributed by atoms with Gasteiger partial charge in [0, 0.05) is 6.54 Å². The third-order valence-corrected chi connectivity index (χ3v) is 6.82. The molecule has 0 unspecified atom stereocenters. The highest BCUT2D eigenvalue weighted by atomic mass is 16.7. The third-order valence-electron chi connectivity index (χ3n) is 6.82. The first-order valence-corrected chi connectivity index (χ1v) is 12.3. The summed E-state index contributed by atoms with van der Waals surface area (Å²) in [6.45, 7) is 1.40. The van der Waals surface area contributed by atoms with Gasteiger partial charge in [0.25, 0.3) is 0 Å². The Morgan fingerprint density at radius 1 is 0.895 bits per heavy atom. The van der Waals surface area contributed by atoms with Gasteiger partial charge in [-0.25, -0.2) is 15.0 Å². The van der Waals surface area contributed by atoms with Gasteiger partial charge in [0.1, 0.15) is 55.2 Å². The van der Waals surface area contributed by atoms with Gasteiger partial charge >= 0.3 is 0 Å². The summed E-state index contributed by atoms with van der Waals surface area (Å²) in [6.07, 6.45) is -10.2. The molecule has 38 heavy (non-hydrogen) atoms. The summed E-state index contributed by atoms with van der Waals surface area (Å²) in [5.41, 5.74) is 0.667. The second-order valence-electron chi connectivity index (χ2n) is 9.62. The summed E-state index contributed by atoms with van der Waals surface area (Å²) in [5.74, 6) is 0.374. The maximum absolute atomic E-state index is 10.4. The summed E-state index contributed by atoms with van der Waals surface area (Å²) in [4.78, 5) is 12.7. The van der Waals surface area contributed by atoms with Crippen LogP contribution in [0.5, 0.6) is 0 Å². The molecule has 0 spiro atoms. The predicted molar refractivity (Wildman–Crippen MR) is 126 cm³/mol. The fourth-order valence-corrected chi connectivity index (χ4v) is 4.46. The van der Waals surface area contributed by atoms with Crippen LogP contribution < -0.4 is 5.32 Å². The molecule has 0 bridgehead atoms. The van der Waals surface area contributed by atoms with E-state index in [1.165, 1.54) is 17.2 Å². The van der Waals surface area contributed by atoms with E-state index in [1.807, 2.05) is 6.92 Å². The van der Waals surface area contributed by atoms with Crippen LogP contribution >= 0.6 is 0 Å². The smallest absolute Gasteiger partial charge is 0.186 e. The molecule has 9 N–H and O–H groups in total. The van der Waals surface area contributed by atoms with Crippen LogP contribution in [0, 0.1) is 5.92 Å². The summed E-state index contributed by atoms with van der Waals surface area (Å²) in [7, 11) is 0. The summed E-state index contributed by atoms with van der Waals surface area (Å²) in [6, 6.07) is 0. The maximum atomic E-state index is 10.4. The number of nitrogens with one attached hydrogen (secondary N) is 1. The third kappa shape index (κ3) is 5.75. The van der Waals surface area contributed by atoms with E-state index < -0.39 is 74.6 Å². The van der Waals surface area contributed by atoms with Crippen LogP contribution in [0.3, 0.4) is 0 Å². The van der Waals surface area contributed by atoms with E-state index in [0.29, 0.717) is 29.9 Å².